The summed E-state index contributed by atoms with van der Waals surface area (Å²) in [5.41, 5.74) is 1.68. The lowest BCUT2D eigenvalue weighted by Crippen LogP contribution is -2.55. The minimum Gasteiger partial charge on any atom is -0.246 e. The predicted molar refractivity (Wildman–Crippen MR) is 85.2 cm³/mol. The first kappa shape index (κ1) is 14.3. The fourth-order valence-corrected chi connectivity index (χ4v) is 4.64. The average molecular weight is 283 g/mol. The molecule has 112 valence electrons. The van der Waals surface area contributed by atoms with Gasteiger partial charge in [0, 0.05) is 5.41 Å². The maximum absolute atomic E-state index is 4.56. The number of benzene rings is 1. The van der Waals surface area contributed by atoms with Crippen LogP contribution in [0.25, 0.3) is 0 Å². The van der Waals surface area contributed by atoms with Gasteiger partial charge in [0.2, 0.25) is 0 Å². The summed E-state index contributed by atoms with van der Waals surface area (Å²) in [4.78, 5) is 4.24. The molecule has 21 heavy (non-hydrogen) atoms. The van der Waals surface area contributed by atoms with Gasteiger partial charge >= 0.3 is 0 Å². The van der Waals surface area contributed by atoms with Crippen molar-refractivity contribution in [3.05, 3.63) is 48.5 Å². The van der Waals surface area contributed by atoms with Gasteiger partial charge < -0.3 is 0 Å². The highest BCUT2D eigenvalue weighted by Gasteiger charge is 2.53. The summed E-state index contributed by atoms with van der Waals surface area (Å²) >= 11 is 0. The molecule has 0 bridgehead atoms. The van der Waals surface area contributed by atoms with Crippen molar-refractivity contribution >= 4 is 0 Å². The first-order valence-electron chi connectivity index (χ1n) is 8.20. The van der Waals surface area contributed by atoms with Crippen LogP contribution >= 0.6 is 0 Å². The SMILES string of the molecule is CCC1(c2ccccc2)CCCCC1(CC)n1cncn1. The molecule has 2 atom stereocenters. The second-order valence-electron chi connectivity index (χ2n) is 6.23. The van der Waals surface area contributed by atoms with E-state index in [2.05, 4.69) is 58.9 Å². The van der Waals surface area contributed by atoms with E-state index in [0.717, 1.165) is 12.8 Å². The second-order valence-corrected chi connectivity index (χ2v) is 6.23. The van der Waals surface area contributed by atoms with Crippen molar-refractivity contribution in [3.8, 4) is 0 Å². The molecule has 0 radical (unpaired) electrons. The highest BCUT2D eigenvalue weighted by atomic mass is 15.4. The second kappa shape index (κ2) is 5.63. The van der Waals surface area contributed by atoms with Crippen LogP contribution < -0.4 is 0 Å². The van der Waals surface area contributed by atoms with Crippen LogP contribution in [0, 0.1) is 0 Å². The summed E-state index contributed by atoms with van der Waals surface area (Å²) in [6.45, 7) is 4.64. The lowest BCUT2D eigenvalue weighted by molar-refractivity contribution is 0.0430. The zero-order valence-corrected chi connectivity index (χ0v) is 13.1. The Hall–Kier alpha value is -1.64. The highest BCUT2D eigenvalue weighted by Crippen LogP contribution is 2.54. The van der Waals surface area contributed by atoms with Crippen molar-refractivity contribution in [1.29, 1.82) is 0 Å². The van der Waals surface area contributed by atoms with Crippen molar-refractivity contribution in [2.75, 3.05) is 0 Å². The molecular formula is C18H25N3. The zero-order chi connectivity index (χ0) is 14.8. The first-order valence-corrected chi connectivity index (χ1v) is 8.20. The summed E-state index contributed by atoms with van der Waals surface area (Å²) in [5.74, 6) is 0. The van der Waals surface area contributed by atoms with E-state index in [4.69, 9.17) is 0 Å². The smallest absolute Gasteiger partial charge is 0.137 e. The molecule has 0 saturated heterocycles. The molecular weight excluding hydrogens is 258 g/mol. The maximum Gasteiger partial charge on any atom is 0.137 e. The van der Waals surface area contributed by atoms with E-state index in [1.54, 1.807) is 6.33 Å². The van der Waals surface area contributed by atoms with Crippen LogP contribution in [0.1, 0.15) is 57.9 Å². The zero-order valence-electron chi connectivity index (χ0n) is 13.1. The fraction of sp³-hybridized carbons (Fsp3) is 0.556. The van der Waals surface area contributed by atoms with Crippen molar-refractivity contribution in [2.24, 2.45) is 0 Å². The minimum atomic E-state index is 0.0534. The third kappa shape index (κ3) is 2.02. The molecule has 3 rings (SSSR count). The topological polar surface area (TPSA) is 30.7 Å². The van der Waals surface area contributed by atoms with Gasteiger partial charge in [-0.1, -0.05) is 57.0 Å². The molecule has 2 unspecified atom stereocenters. The van der Waals surface area contributed by atoms with Gasteiger partial charge in [-0.25, -0.2) is 9.67 Å². The Morgan fingerprint density at radius 3 is 2.43 bits per heavy atom. The summed E-state index contributed by atoms with van der Waals surface area (Å²) in [7, 11) is 0. The molecule has 1 aromatic heterocycles. The summed E-state index contributed by atoms with van der Waals surface area (Å²) < 4.78 is 2.16. The molecule has 1 aromatic carbocycles. The van der Waals surface area contributed by atoms with Crippen molar-refractivity contribution < 1.29 is 0 Å². The molecule has 1 saturated carbocycles. The monoisotopic (exact) mass is 283 g/mol. The molecule has 0 amide bonds. The Morgan fingerprint density at radius 2 is 1.81 bits per heavy atom. The van der Waals surface area contributed by atoms with E-state index in [1.807, 2.05) is 6.33 Å². The van der Waals surface area contributed by atoms with Crippen LogP contribution in [0.4, 0.5) is 0 Å². The first-order chi connectivity index (χ1) is 10.3. The Morgan fingerprint density at radius 1 is 1.05 bits per heavy atom. The van der Waals surface area contributed by atoms with Gasteiger partial charge in [0.25, 0.3) is 0 Å². The van der Waals surface area contributed by atoms with Crippen molar-refractivity contribution in [3.63, 3.8) is 0 Å². The normalized spacial score (nSPS) is 29.4. The minimum absolute atomic E-state index is 0.0534. The number of nitrogens with zero attached hydrogens (tertiary/aromatic N) is 3. The van der Waals surface area contributed by atoms with E-state index in [-0.39, 0.29) is 11.0 Å². The molecule has 0 spiro atoms. The van der Waals surface area contributed by atoms with Crippen molar-refractivity contribution in [1.82, 2.24) is 14.8 Å². The quantitative estimate of drug-likeness (QED) is 0.837. The van der Waals surface area contributed by atoms with Gasteiger partial charge in [-0.3, -0.25) is 0 Å². The van der Waals surface area contributed by atoms with Gasteiger partial charge in [-0.15, -0.1) is 0 Å². The number of hydrogen-bond donors (Lipinski definition) is 0. The molecule has 1 aliphatic rings. The lowest BCUT2D eigenvalue weighted by Gasteiger charge is -2.53. The number of aromatic nitrogens is 3. The van der Waals surface area contributed by atoms with Crippen LogP contribution in [0.15, 0.2) is 43.0 Å². The lowest BCUT2D eigenvalue weighted by atomic mass is 9.55. The summed E-state index contributed by atoms with van der Waals surface area (Å²) in [5, 5.41) is 4.56. The predicted octanol–water partition coefficient (Wildman–Crippen LogP) is 4.31. The Bertz CT molecular complexity index is 563. The van der Waals surface area contributed by atoms with Gasteiger partial charge in [0.05, 0.1) is 5.54 Å². The van der Waals surface area contributed by atoms with Crippen LogP contribution in [0.5, 0.6) is 0 Å². The third-order valence-electron chi connectivity index (χ3n) is 5.71. The molecule has 3 heteroatoms. The van der Waals surface area contributed by atoms with Crippen molar-refractivity contribution in [2.45, 2.75) is 63.3 Å². The highest BCUT2D eigenvalue weighted by molar-refractivity contribution is 5.31. The van der Waals surface area contributed by atoms with Gasteiger partial charge in [-0.2, -0.15) is 5.10 Å². The van der Waals surface area contributed by atoms with Crippen LogP contribution in [-0.2, 0) is 11.0 Å². The molecule has 0 N–H and O–H groups in total. The third-order valence-corrected chi connectivity index (χ3v) is 5.71. The molecule has 0 aliphatic heterocycles. The largest absolute Gasteiger partial charge is 0.246 e. The van der Waals surface area contributed by atoms with Gasteiger partial charge in [0.15, 0.2) is 0 Å². The van der Waals surface area contributed by atoms with E-state index in [0.29, 0.717) is 0 Å². The van der Waals surface area contributed by atoms with Crippen LogP contribution in [-0.4, -0.2) is 14.8 Å². The van der Waals surface area contributed by atoms with E-state index < -0.39 is 0 Å². The molecule has 2 aromatic rings. The number of rotatable bonds is 4. The Labute approximate surface area is 127 Å². The van der Waals surface area contributed by atoms with E-state index >= 15 is 0 Å². The molecule has 3 nitrogen and oxygen atoms in total. The van der Waals surface area contributed by atoms with Crippen LogP contribution in [0.3, 0.4) is 0 Å². The average Bonchev–Trinajstić information content (AvgIpc) is 3.10. The molecule has 1 fully saturated rings. The van der Waals surface area contributed by atoms with Gasteiger partial charge in [-0.05, 0) is 31.2 Å². The van der Waals surface area contributed by atoms with E-state index in [9.17, 15) is 0 Å². The van der Waals surface area contributed by atoms with E-state index in [1.165, 1.54) is 31.2 Å². The standard InChI is InChI=1S/C18H25N3/c1-3-17(16-10-6-5-7-11-16)12-8-9-13-18(17,4-2)21-15-19-14-20-21/h5-7,10-11,14-15H,3-4,8-9,12-13H2,1-2H3. The number of hydrogen-bond acceptors (Lipinski definition) is 2. The summed E-state index contributed by atoms with van der Waals surface area (Å²) in [6.07, 6.45) is 10.8. The maximum atomic E-state index is 4.56. The molecule has 1 heterocycles. The molecule has 1 aliphatic carbocycles. The van der Waals surface area contributed by atoms with Crippen LogP contribution in [0.2, 0.25) is 0 Å². The Balaban J connectivity index is 2.20. The Kier molecular flexibility index (Phi) is 3.83. The van der Waals surface area contributed by atoms with Gasteiger partial charge in [0.1, 0.15) is 12.7 Å². The fourth-order valence-electron chi connectivity index (χ4n) is 4.64. The summed E-state index contributed by atoms with van der Waals surface area (Å²) in [6, 6.07) is 11.1.